The lowest BCUT2D eigenvalue weighted by Crippen LogP contribution is -2.39. The van der Waals surface area contributed by atoms with Gasteiger partial charge in [-0.25, -0.2) is 4.98 Å². The monoisotopic (exact) mass is 527 g/mol. The number of halogens is 1. The van der Waals surface area contributed by atoms with Crippen molar-refractivity contribution in [1.82, 2.24) is 15.6 Å². The smallest absolute Gasteiger partial charge is 0.191 e. The molecule has 1 fully saturated rings. The number of hydrogen-bond donors (Lipinski definition) is 2. The highest BCUT2D eigenvalue weighted by atomic mass is 127. The van der Waals surface area contributed by atoms with Gasteiger partial charge in [-0.3, -0.25) is 4.99 Å². The SMILES string of the molecule is CCNC(=NCCc1ncc(CC)s1)NC(C)c1cccc(N2CCCC2)c1.I. The molecule has 0 bridgehead atoms. The second-order valence-electron chi connectivity index (χ2n) is 7.24. The summed E-state index contributed by atoms with van der Waals surface area (Å²) in [6.45, 7) is 10.4. The Hall–Kier alpha value is -1.35. The van der Waals surface area contributed by atoms with E-state index in [0.717, 1.165) is 31.9 Å². The van der Waals surface area contributed by atoms with E-state index in [1.807, 2.05) is 6.20 Å². The maximum atomic E-state index is 4.76. The van der Waals surface area contributed by atoms with Crippen LogP contribution in [0.2, 0.25) is 0 Å². The number of aryl methyl sites for hydroxylation is 1. The lowest BCUT2D eigenvalue weighted by Gasteiger charge is -2.22. The molecule has 0 saturated carbocycles. The van der Waals surface area contributed by atoms with Crippen molar-refractivity contribution in [2.45, 2.75) is 52.5 Å². The van der Waals surface area contributed by atoms with Crippen LogP contribution in [0.4, 0.5) is 5.69 Å². The normalized spacial score (nSPS) is 15.1. The first-order valence-corrected chi connectivity index (χ1v) is 11.3. The highest BCUT2D eigenvalue weighted by Gasteiger charge is 2.14. The molecule has 0 amide bonds. The first kappa shape index (κ1) is 23.9. The third kappa shape index (κ3) is 7.13. The summed E-state index contributed by atoms with van der Waals surface area (Å²) in [4.78, 5) is 13.1. The molecule has 0 spiro atoms. The number of thiazole rings is 1. The molecule has 1 aromatic heterocycles. The first-order chi connectivity index (χ1) is 13.7. The Kier molecular flexibility index (Phi) is 10.2. The van der Waals surface area contributed by atoms with Crippen LogP contribution in [0.15, 0.2) is 35.5 Å². The fourth-order valence-electron chi connectivity index (χ4n) is 3.47. The number of anilines is 1. The molecular formula is C22H34IN5S. The van der Waals surface area contributed by atoms with Crippen LogP contribution in [0.5, 0.6) is 0 Å². The summed E-state index contributed by atoms with van der Waals surface area (Å²) in [6, 6.07) is 9.10. The summed E-state index contributed by atoms with van der Waals surface area (Å²) >= 11 is 1.80. The van der Waals surface area contributed by atoms with Crippen molar-refractivity contribution in [3.8, 4) is 0 Å². The second kappa shape index (κ2) is 12.4. The summed E-state index contributed by atoms with van der Waals surface area (Å²) in [5.41, 5.74) is 2.63. The number of nitrogens with one attached hydrogen (secondary N) is 2. The van der Waals surface area contributed by atoms with Crippen molar-refractivity contribution in [2.75, 3.05) is 31.1 Å². The van der Waals surface area contributed by atoms with Crippen LogP contribution in [-0.2, 0) is 12.8 Å². The van der Waals surface area contributed by atoms with Gasteiger partial charge in [-0.2, -0.15) is 0 Å². The average Bonchev–Trinajstić information content (AvgIpc) is 3.40. The van der Waals surface area contributed by atoms with Crippen LogP contribution in [-0.4, -0.2) is 37.1 Å². The van der Waals surface area contributed by atoms with Crippen LogP contribution in [0, 0.1) is 0 Å². The Bertz CT molecular complexity index is 770. The molecule has 5 nitrogen and oxygen atoms in total. The predicted molar refractivity (Wildman–Crippen MR) is 136 cm³/mol. The number of nitrogens with zero attached hydrogens (tertiary/aromatic N) is 3. The van der Waals surface area contributed by atoms with Gasteiger partial charge in [-0.1, -0.05) is 19.1 Å². The third-order valence-electron chi connectivity index (χ3n) is 5.08. The van der Waals surface area contributed by atoms with E-state index in [2.05, 4.69) is 65.6 Å². The van der Waals surface area contributed by atoms with E-state index < -0.39 is 0 Å². The minimum absolute atomic E-state index is 0. The highest BCUT2D eigenvalue weighted by Crippen LogP contribution is 2.24. The topological polar surface area (TPSA) is 52.6 Å². The lowest BCUT2D eigenvalue weighted by molar-refractivity contribution is 0.685. The van der Waals surface area contributed by atoms with E-state index in [9.17, 15) is 0 Å². The molecule has 1 aromatic carbocycles. The van der Waals surface area contributed by atoms with Gasteiger partial charge in [0.25, 0.3) is 0 Å². The van der Waals surface area contributed by atoms with E-state index in [-0.39, 0.29) is 30.0 Å². The van der Waals surface area contributed by atoms with E-state index >= 15 is 0 Å². The average molecular weight is 528 g/mol. The largest absolute Gasteiger partial charge is 0.372 e. The van der Waals surface area contributed by atoms with Crippen LogP contribution < -0.4 is 15.5 Å². The van der Waals surface area contributed by atoms with Gasteiger partial charge < -0.3 is 15.5 Å². The van der Waals surface area contributed by atoms with E-state index in [4.69, 9.17) is 4.99 Å². The number of aliphatic imine (C=N–C) groups is 1. The number of rotatable bonds is 8. The van der Waals surface area contributed by atoms with Crippen LogP contribution in [0.1, 0.15) is 55.1 Å². The molecule has 3 rings (SSSR count). The highest BCUT2D eigenvalue weighted by molar-refractivity contribution is 14.0. The summed E-state index contributed by atoms with van der Waals surface area (Å²) in [5, 5.41) is 8.09. The van der Waals surface area contributed by atoms with Gasteiger partial charge in [-0.15, -0.1) is 35.3 Å². The van der Waals surface area contributed by atoms with Crippen molar-refractivity contribution in [2.24, 2.45) is 4.99 Å². The summed E-state index contributed by atoms with van der Waals surface area (Å²) in [6.07, 6.45) is 6.53. The lowest BCUT2D eigenvalue weighted by atomic mass is 10.1. The van der Waals surface area contributed by atoms with Gasteiger partial charge in [0.2, 0.25) is 0 Å². The van der Waals surface area contributed by atoms with Gasteiger partial charge in [0.15, 0.2) is 5.96 Å². The van der Waals surface area contributed by atoms with Gasteiger partial charge in [0, 0.05) is 49.4 Å². The van der Waals surface area contributed by atoms with E-state index in [1.54, 1.807) is 11.3 Å². The van der Waals surface area contributed by atoms with Crippen molar-refractivity contribution < 1.29 is 0 Å². The van der Waals surface area contributed by atoms with Gasteiger partial charge in [0.05, 0.1) is 11.0 Å². The molecule has 160 valence electrons. The Balaban J connectivity index is 0.00000300. The Morgan fingerprint density at radius 2 is 2.07 bits per heavy atom. The van der Waals surface area contributed by atoms with E-state index in [0.29, 0.717) is 0 Å². The zero-order chi connectivity index (χ0) is 19.8. The van der Waals surface area contributed by atoms with Gasteiger partial charge in [0.1, 0.15) is 0 Å². The maximum Gasteiger partial charge on any atom is 0.191 e. The molecule has 29 heavy (non-hydrogen) atoms. The van der Waals surface area contributed by atoms with Crippen molar-refractivity contribution in [3.05, 3.63) is 45.9 Å². The molecule has 2 aromatic rings. The maximum absolute atomic E-state index is 4.76. The molecular weight excluding hydrogens is 493 g/mol. The minimum atomic E-state index is 0. The summed E-state index contributed by atoms with van der Waals surface area (Å²) in [5.74, 6) is 0.869. The zero-order valence-corrected chi connectivity index (χ0v) is 20.9. The minimum Gasteiger partial charge on any atom is -0.372 e. The molecule has 1 aliphatic rings. The van der Waals surface area contributed by atoms with Crippen LogP contribution in [0.25, 0.3) is 0 Å². The predicted octanol–water partition coefficient (Wildman–Crippen LogP) is 4.78. The first-order valence-electron chi connectivity index (χ1n) is 10.5. The Morgan fingerprint density at radius 3 is 2.76 bits per heavy atom. The number of guanidine groups is 1. The van der Waals surface area contributed by atoms with E-state index in [1.165, 1.54) is 47.1 Å². The van der Waals surface area contributed by atoms with Gasteiger partial charge in [-0.05, 0) is 50.8 Å². The quantitative estimate of drug-likeness (QED) is 0.295. The summed E-state index contributed by atoms with van der Waals surface area (Å²) < 4.78 is 0. The molecule has 2 N–H and O–H groups in total. The number of aromatic nitrogens is 1. The molecule has 1 saturated heterocycles. The zero-order valence-electron chi connectivity index (χ0n) is 17.8. The second-order valence-corrected chi connectivity index (χ2v) is 8.44. The number of hydrogen-bond acceptors (Lipinski definition) is 4. The summed E-state index contributed by atoms with van der Waals surface area (Å²) in [7, 11) is 0. The fraction of sp³-hybridized carbons (Fsp3) is 0.545. The van der Waals surface area contributed by atoms with Crippen molar-refractivity contribution in [1.29, 1.82) is 0 Å². The standard InChI is InChI=1S/C22H33N5S.HI/c1-4-20-16-25-21(28-20)11-12-24-22(23-5-2)26-17(3)18-9-8-10-19(15-18)27-13-6-7-14-27;/h8-10,15-17H,4-7,11-14H2,1-3H3,(H2,23,24,26);1H. The van der Waals surface area contributed by atoms with Crippen LogP contribution >= 0.6 is 35.3 Å². The Labute approximate surface area is 196 Å². The third-order valence-corrected chi connectivity index (χ3v) is 6.29. The van der Waals surface area contributed by atoms with Gasteiger partial charge >= 0.3 is 0 Å². The van der Waals surface area contributed by atoms with Crippen LogP contribution in [0.3, 0.4) is 0 Å². The van der Waals surface area contributed by atoms with Crippen molar-refractivity contribution >= 4 is 47.0 Å². The van der Waals surface area contributed by atoms with Crippen molar-refractivity contribution in [3.63, 3.8) is 0 Å². The molecule has 0 radical (unpaired) electrons. The molecule has 1 unspecified atom stereocenters. The Morgan fingerprint density at radius 1 is 1.28 bits per heavy atom. The molecule has 1 atom stereocenters. The number of benzene rings is 1. The fourth-order valence-corrected chi connectivity index (χ4v) is 4.32. The molecule has 7 heteroatoms. The molecule has 1 aliphatic heterocycles. The molecule has 2 heterocycles. The molecule has 0 aliphatic carbocycles.